The summed E-state index contributed by atoms with van der Waals surface area (Å²) in [5, 5.41) is 4.21. The van der Waals surface area contributed by atoms with Crippen molar-refractivity contribution in [1.82, 2.24) is 20.1 Å². The van der Waals surface area contributed by atoms with Gasteiger partial charge in [0.05, 0.1) is 12.1 Å². The lowest BCUT2D eigenvalue weighted by Crippen LogP contribution is -2.35. The topological polar surface area (TPSA) is 169 Å². The third-order valence-corrected chi connectivity index (χ3v) is 3.80. The van der Waals surface area contributed by atoms with Crippen LogP contribution < -0.4 is 5.73 Å². The lowest BCUT2D eigenvalue weighted by Gasteiger charge is -2.27. The largest absolute Gasteiger partial charge is 0.418 e. The minimum absolute atomic E-state index is 0.0919. The van der Waals surface area contributed by atoms with Gasteiger partial charge in [0, 0.05) is 6.54 Å². The van der Waals surface area contributed by atoms with Gasteiger partial charge < -0.3 is 15.2 Å². The Kier molecular flexibility index (Phi) is 3.26. The Bertz CT molecular complexity index is 730. The smallest absolute Gasteiger partial charge is 0.361 e. The van der Waals surface area contributed by atoms with Crippen LogP contribution in [0.4, 0.5) is 4.79 Å². The fraction of sp³-hybridized carbons (Fsp3) is 0.556. The van der Waals surface area contributed by atoms with Crippen molar-refractivity contribution in [3.05, 3.63) is 11.7 Å². The summed E-state index contributed by atoms with van der Waals surface area (Å²) in [6.07, 6.45) is 0.794. The van der Waals surface area contributed by atoms with Crippen molar-refractivity contribution < 1.29 is 31.4 Å². The maximum absolute atomic E-state index is 12.2. The number of nitrogens with two attached hydrogens (primary N) is 1. The number of carbonyl (C=O) groups is 2. The molecule has 3 heterocycles. The number of aromatic nitrogens is 2. The minimum atomic E-state index is -4.80. The van der Waals surface area contributed by atoms with Gasteiger partial charge in [0.25, 0.3) is 0 Å². The molecule has 3 amide bonds. The quantitative estimate of drug-likeness (QED) is 0.645. The average molecular weight is 333 g/mol. The highest BCUT2D eigenvalue weighted by atomic mass is 32.3. The highest BCUT2D eigenvalue weighted by Crippen LogP contribution is 2.37. The van der Waals surface area contributed by atoms with Gasteiger partial charge in [-0.2, -0.15) is 18.5 Å². The van der Waals surface area contributed by atoms with Crippen LogP contribution in [0, 0.1) is 0 Å². The molecule has 0 saturated carbocycles. The molecule has 2 fully saturated rings. The van der Waals surface area contributed by atoms with Crippen molar-refractivity contribution in [2.75, 3.05) is 6.54 Å². The predicted molar refractivity (Wildman–Crippen MR) is 65.2 cm³/mol. The number of primary amides is 1. The van der Waals surface area contributed by atoms with Gasteiger partial charge in [-0.25, -0.2) is 4.79 Å². The van der Waals surface area contributed by atoms with Crippen LogP contribution in [0.3, 0.4) is 0 Å². The monoisotopic (exact) mass is 333 g/mol. The van der Waals surface area contributed by atoms with Gasteiger partial charge in [-0.15, -0.1) is 4.28 Å². The normalized spacial score (nSPS) is 24.9. The summed E-state index contributed by atoms with van der Waals surface area (Å²) >= 11 is 0. The first-order valence-corrected chi connectivity index (χ1v) is 7.53. The summed E-state index contributed by atoms with van der Waals surface area (Å²) in [5.41, 5.74) is 5.01. The van der Waals surface area contributed by atoms with Gasteiger partial charge >= 0.3 is 28.2 Å². The Morgan fingerprint density at radius 1 is 1.45 bits per heavy atom. The standard InChI is InChI=1S/C9H11N5O7S/c10-6(15)8-11-7(12-20-8)5-2-1-4-3-13(5)9(16)14(4)21-22(17,18)19/h4-5H,1-3H2,(H2,10,15)(H,17,18,19)/t4-,5-/m0/s1. The van der Waals surface area contributed by atoms with E-state index >= 15 is 0 Å². The molecule has 0 unspecified atom stereocenters. The zero-order chi connectivity index (χ0) is 16.1. The number of carbonyl (C=O) groups excluding carboxylic acids is 2. The molecule has 120 valence electrons. The molecule has 2 saturated heterocycles. The molecule has 2 bridgehead atoms. The zero-order valence-corrected chi connectivity index (χ0v) is 11.8. The van der Waals surface area contributed by atoms with Crippen molar-refractivity contribution in [3.63, 3.8) is 0 Å². The molecule has 22 heavy (non-hydrogen) atoms. The number of fused-ring (bicyclic) bond motifs is 2. The molecule has 0 aromatic carbocycles. The van der Waals surface area contributed by atoms with Crippen LogP contribution in [0.25, 0.3) is 0 Å². The van der Waals surface area contributed by atoms with Crippen molar-refractivity contribution in [1.29, 1.82) is 0 Å². The van der Waals surface area contributed by atoms with E-state index < -0.39 is 34.4 Å². The second-order valence-corrected chi connectivity index (χ2v) is 5.84. The number of urea groups is 1. The summed E-state index contributed by atoms with van der Waals surface area (Å²) in [6, 6.07) is -1.88. The highest BCUT2D eigenvalue weighted by molar-refractivity contribution is 7.80. The Morgan fingerprint density at radius 3 is 2.77 bits per heavy atom. The minimum Gasteiger partial charge on any atom is -0.361 e. The van der Waals surface area contributed by atoms with E-state index in [2.05, 4.69) is 18.9 Å². The fourth-order valence-corrected chi connectivity index (χ4v) is 2.96. The third-order valence-electron chi connectivity index (χ3n) is 3.45. The number of rotatable bonds is 4. The Labute approximate surface area is 123 Å². The lowest BCUT2D eigenvalue weighted by molar-refractivity contribution is -0.0317. The Hall–Kier alpha value is -2.25. The van der Waals surface area contributed by atoms with Gasteiger partial charge in [-0.1, -0.05) is 5.16 Å². The second kappa shape index (κ2) is 4.89. The van der Waals surface area contributed by atoms with E-state index in [1.165, 1.54) is 4.90 Å². The third kappa shape index (κ3) is 2.49. The molecule has 2 aliphatic rings. The summed E-state index contributed by atoms with van der Waals surface area (Å²) in [7, 11) is -4.80. The number of hydroxylamine groups is 2. The van der Waals surface area contributed by atoms with E-state index in [0.717, 1.165) is 0 Å². The Morgan fingerprint density at radius 2 is 2.18 bits per heavy atom. The van der Waals surface area contributed by atoms with Gasteiger partial charge in [0.1, 0.15) is 0 Å². The van der Waals surface area contributed by atoms with Gasteiger partial charge in [-0.3, -0.25) is 9.35 Å². The maximum Gasteiger partial charge on any atom is 0.418 e. The van der Waals surface area contributed by atoms with Gasteiger partial charge in [0.2, 0.25) is 0 Å². The average Bonchev–Trinajstić information content (AvgIpc) is 2.99. The molecule has 12 nitrogen and oxygen atoms in total. The van der Waals surface area contributed by atoms with Crippen molar-refractivity contribution in [2.24, 2.45) is 5.73 Å². The second-order valence-electron chi connectivity index (χ2n) is 4.83. The molecule has 0 spiro atoms. The fourth-order valence-electron chi connectivity index (χ4n) is 2.57. The maximum atomic E-state index is 12.2. The Balaban J connectivity index is 1.83. The van der Waals surface area contributed by atoms with Gasteiger partial charge in [0.15, 0.2) is 5.82 Å². The van der Waals surface area contributed by atoms with Crippen molar-refractivity contribution in [2.45, 2.75) is 24.9 Å². The van der Waals surface area contributed by atoms with E-state index in [0.29, 0.717) is 17.9 Å². The van der Waals surface area contributed by atoms with E-state index in [-0.39, 0.29) is 18.3 Å². The number of amides is 3. The summed E-state index contributed by atoms with van der Waals surface area (Å²) in [4.78, 5) is 28.2. The van der Waals surface area contributed by atoms with E-state index in [1.807, 2.05) is 0 Å². The van der Waals surface area contributed by atoms with E-state index in [9.17, 15) is 18.0 Å². The zero-order valence-electron chi connectivity index (χ0n) is 10.9. The molecule has 13 heteroatoms. The number of piperidine rings is 1. The molecule has 1 aromatic rings. The molecular formula is C9H11N5O7S. The first-order valence-electron chi connectivity index (χ1n) is 6.16. The van der Waals surface area contributed by atoms with E-state index in [1.54, 1.807) is 0 Å². The molecule has 0 radical (unpaired) electrons. The van der Waals surface area contributed by atoms with E-state index in [4.69, 9.17) is 10.3 Å². The molecular weight excluding hydrogens is 322 g/mol. The van der Waals surface area contributed by atoms with Crippen LogP contribution in [0.5, 0.6) is 0 Å². The predicted octanol–water partition coefficient (Wildman–Crippen LogP) is -1.16. The summed E-state index contributed by atoms with van der Waals surface area (Å²) in [5.74, 6) is -1.18. The lowest BCUT2D eigenvalue weighted by atomic mass is 10.0. The summed E-state index contributed by atoms with van der Waals surface area (Å²) < 4.78 is 39.2. The van der Waals surface area contributed by atoms with Crippen LogP contribution in [0.2, 0.25) is 0 Å². The molecule has 3 rings (SSSR count). The van der Waals surface area contributed by atoms with Crippen LogP contribution in [-0.4, -0.2) is 57.6 Å². The molecule has 1 aromatic heterocycles. The molecule has 2 aliphatic heterocycles. The number of nitrogens with zero attached hydrogens (tertiary/aromatic N) is 4. The molecule has 3 N–H and O–H groups in total. The van der Waals surface area contributed by atoms with Crippen molar-refractivity contribution >= 4 is 22.3 Å². The number of hydrogen-bond acceptors (Lipinski definition) is 8. The number of hydrogen-bond donors (Lipinski definition) is 2. The first-order chi connectivity index (χ1) is 10.3. The van der Waals surface area contributed by atoms with Crippen LogP contribution in [0.15, 0.2) is 4.52 Å². The van der Waals surface area contributed by atoms with Crippen LogP contribution in [-0.2, 0) is 14.7 Å². The van der Waals surface area contributed by atoms with Crippen LogP contribution in [0.1, 0.15) is 35.4 Å². The van der Waals surface area contributed by atoms with Gasteiger partial charge in [-0.05, 0) is 12.8 Å². The summed E-state index contributed by atoms with van der Waals surface area (Å²) in [6.45, 7) is 0.166. The van der Waals surface area contributed by atoms with Crippen LogP contribution >= 0.6 is 0 Å². The van der Waals surface area contributed by atoms with Crippen molar-refractivity contribution in [3.8, 4) is 0 Å². The molecule has 2 atom stereocenters. The first kappa shape index (κ1) is 14.7. The highest BCUT2D eigenvalue weighted by Gasteiger charge is 2.48. The molecule has 0 aliphatic carbocycles. The SMILES string of the molecule is NC(=O)c1nc([C@@H]2CC[C@H]3CN2C(=O)N3OS(=O)(=O)O)no1.